The maximum Gasteiger partial charge on any atom is 0.252 e. The zero-order valence-electron chi connectivity index (χ0n) is 22.0. The van der Waals surface area contributed by atoms with Gasteiger partial charge >= 0.3 is 0 Å². The molecule has 1 amide bonds. The summed E-state index contributed by atoms with van der Waals surface area (Å²) in [4.78, 5) is 23.4. The Balaban J connectivity index is 1.28. The Morgan fingerprint density at radius 1 is 1.08 bits per heavy atom. The Morgan fingerprint density at radius 2 is 1.89 bits per heavy atom. The number of hydrogen-bond acceptors (Lipinski definition) is 5. The van der Waals surface area contributed by atoms with Gasteiger partial charge in [-0.3, -0.25) is 14.4 Å². The van der Waals surface area contributed by atoms with Gasteiger partial charge in [0.25, 0.3) is 5.91 Å². The zero-order valence-corrected chi connectivity index (χ0v) is 22.0. The Labute approximate surface area is 218 Å². The number of nitrogens with one attached hydrogen (secondary N) is 1. The lowest BCUT2D eigenvalue weighted by molar-refractivity contribution is 0.0939. The molecule has 0 bridgehead atoms. The first kappa shape index (κ1) is 23.7. The monoisotopic (exact) mass is 494 g/mol. The number of likely N-dealkylation sites (N-methyl/N-ethyl adjacent to an activating group) is 1. The van der Waals surface area contributed by atoms with Gasteiger partial charge in [-0.25, -0.2) is 4.98 Å². The Kier molecular flexibility index (Phi) is 5.75. The average molecular weight is 495 g/mol. The molecular weight excluding hydrogens is 460 g/mol. The van der Waals surface area contributed by atoms with Crippen LogP contribution in [0.5, 0.6) is 0 Å². The molecule has 1 atom stereocenters. The Bertz CT molecular complexity index is 1490. The highest BCUT2D eigenvalue weighted by Gasteiger charge is 2.49. The fourth-order valence-electron chi connectivity index (χ4n) is 5.63. The quantitative estimate of drug-likeness (QED) is 0.435. The molecule has 1 N–H and O–H groups in total. The summed E-state index contributed by atoms with van der Waals surface area (Å²) in [5.74, 6) is -0.0501. The highest BCUT2D eigenvalue weighted by molar-refractivity contribution is 5.97. The topological polar surface area (TPSA) is 66.3 Å². The van der Waals surface area contributed by atoms with Crippen LogP contribution in [0.3, 0.4) is 0 Å². The molecule has 1 spiro atoms. The smallest absolute Gasteiger partial charge is 0.252 e. The van der Waals surface area contributed by atoms with E-state index in [0.29, 0.717) is 5.54 Å². The first-order valence-electron chi connectivity index (χ1n) is 13.1. The van der Waals surface area contributed by atoms with Crippen molar-refractivity contribution in [1.29, 1.82) is 0 Å². The summed E-state index contributed by atoms with van der Waals surface area (Å²) in [6, 6.07) is 16.3. The van der Waals surface area contributed by atoms with E-state index in [4.69, 9.17) is 4.98 Å². The van der Waals surface area contributed by atoms with E-state index in [-0.39, 0.29) is 11.9 Å². The average Bonchev–Trinajstić information content (AvgIpc) is 3.54. The fourth-order valence-corrected chi connectivity index (χ4v) is 5.63. The van der Waals surface area contributed by atoms with Gasteiger partial charge in [-0.2, -0.15) is 5.10 Å². The number of benzene rings is 2. The molecule has 37 heavy (non-hydrogen) atoms. The van der Waals surface area contributed by atoms with Gasteiger partial charge in [0.1, 0.15) is 0 Å². The molecule has 1 aliphatic heterocycles. The third kappa shape index (κ3) is 4.37. The molecule has 3 heterocycles. The zero-order chi connectivity index (χ0) is 25.7. The van der Waals surface area contributed by atoms with Crippen LogP contribution in [0.2, 0.25) is 0 Å². The van der Waals surface area contributed by atoms with Gasteiger partial charge in [0, 0.05) is 60.6 Å². The van der Waals surface area contributed by atoms with Crippen LogP contribution < -0.4 is 10.2 Å². The lowest BCUT2D eigenvalue weighted by atomic mass is 9.99. The predicted octanol–water partition coefficient (Wildman–Crippen LogP) is 4.72. The molecule has 6 rings (SSSR count). The van der Waals surface area contributed by atoms with Gasteiger partial charge in [-0.1, -0.05) is 24.3 Å². The molecule has 2 fully saturated rings. The van der Waals surface area contributed by atoms with Crippen LogP contribution in [0.25, 0.3) is 22.2 Å². The van der Waals surface area contributed by atoms with Crippen molar-refractivity contribution in [2.24, 2.45) is 7.05 Å². The number of fused-ring (bicyclic) bond motifs is 1. The number of para-hydroxylation sites is 1. The molecule has 1 saturated carbocycles. The molecule has 0 unspecified atom stereocenters. The van der Waals surface area contributed by atoms with Gasteiger partial charge in [0.05, 0.1) is 23.4 Å². The minimum absolute atomic E-state index is 0.0501. The van der Waals surface area contributed by atoms with Crippen LogP contribution in [0, 0.1) is 6.92 Å². The van der Waals surface area contributed by atoms with Crippen molar-refractivity contribution in [2.45, 2.75) is 38.3 Å². The maximum absolute atomic E-state index is 13.6. The van der Waals surface area contributed by atoms with E-state index in [2.05, 4.69) is 57.6 Å². The number of aromatic nitrogens is 3. The summed E-state index contributed by atoms with van der Waals surface area (Å²) in [5, 5.41) is 8.63. The SMILES string of the molecule is Cc1ccc(N2CCN(C)C3(CC3)C2)cc1C(=O)N[C@H](C)c1cc(-c2cnn(C)c2)nc2ccccc12. The Morgan fingerprint density at radius 3 is 2.65 bits per heavy atom. The first-order chi connectivity index (χ1) is 17.8. The van der Waals surface area contributed by atoms with E-state index in [1.54, 1.807) is 4.68 Å². The molecule has 2 aromatic carbocycles. The third-order valence-electron chi connectivity index (χ3n) is 8.22. The van der Waals surface area contributed by atoms with E-state index >= 15 is 0 Å². The fraction of sp³-hybridized carbons (Fsp3) is 0.367. The number of carbonyl (C=O) groups is 1. The lowest BCUT2D eigenvalue weighted by Gasteiger charge is -2.41. The second-order valence-electron chi connectivity index (χ2n) is 10.8. The molecular formula is C30H34N6O. The van der Waals surface area contributed by atoms with Crippen LogP contribution in [0.15, 0.2) is 60.9 Å². The van der Waals surface area contributed by atoms with E-state index in [9.17, 15) is 4.79 Å². The maximum atomic E-state index is 13.6. The third-order valence-corrected chi connectivity index (χ3v) is 8.22. The van der Waals surface area contributed by atoms with Gasteiger partial charge in [0.15, 0.2) is 0 Å². The molecule has 190 valence electrons. The molecule has 1 aliphatic carbocycles. The number of aryl methyl sites for hydroxylation is 2. The molecule has 2 aromatic heterocycles. The molecule has 4 aromatic rings. The van der Waals surface area contributed by atoms with Crippen molar-refractivity contribution in [3.05, 3.63) is 77.6 Å². The minimum Gasteiger partial charge on any atom is -0.368 e. The highest BCUT2D eigenvalue weighted by Crippen LogP contribution is 2.44. The van der Waals surface area contributed by atoms with E-state index in [1.807, 2.05) is 51.5 Å². The van der Waals surface area contributed by atoms with Crippen molar-refractivity contribution in [1.82, 2.24) is 25.0 Å². The second-order valence-corrected chi connectivity index (χ2v) is 10.8. The molecule has 7 heteroatoms. The van der Waals surface area contributed by atoms with Crippen LogP contribution in [-0.4, -0.2) is 57.8 Å². The van der Waals surface area contributed by atoms with E-state index < -0.39 is 0 Å². The molecule has 1 saturated heterocycles. The first-order valence-corrected chi connectivity index (χ1v) is 13.1. The van der Waals surface area contributed by atoms with E-state index in [1.165, 1.54) is 12.8 Å². The van der Waals surface area contributed by atoms with Gasteiger partial charge < -0.3 is 10.2 Å². The van der Waals surface area contributed by atoms with E-state index in [0.717, 1.165) is 64.2 Å². The van der Waals surface area contributed by atoms with Crippen molar-refractivity contribution in [3.63, 3.8) is 0 Å². The summed E-state index contributed by atoms with van der Waals surface area (Å²) in [6.45, 7) is 7.13. The summed E-state index contributed by atoms with van der Waals surface area (Å²) in [6.07, 6.45) is 6.31. The van der Waals surface area contributed by atoms with Crippen LogP contribution >= 0.6 is 0 Å². The lowest BCUT2D eigenvalue weighted by Crippen LogP contribution is -2.53. The molecule has 2 aliphatic rings. The van der Waals surface area contributed by atoms with Crippen LogP contribution in [-0.2, 0) is 7.05 Å². The van der Waals surface area contributed by atoms with Crippen molar-refractivity contribution < 1.29 is 4.79 Å². The number of anilines is 1. The number of amides is 1. The van der Waals surface area contributed by atoms with Crippen molar-refractivity contribution in [3.8, 4) is 11.3 Å². The molecule has 0 radical (unpaired) electrons. The number of hydrogen-bond donors (Lipinski definition) is 1. The number of pyridine rings is 1. The number of rotatable bonds is 5. The highest BCUT2D eigenvalue weighted by atomic mass is 16.1. The number of piperazine rings is 1. The summed E-state index contributed by atoms with van der Waals surface area (Å²) < 4.78 is 1.78. The standard InChI is InChI=1S/C30H34N6O/c1-20-9-10-23(36-14-13-34(3)30(19-36)11-12-30)15-25(20)29(37)32-21(2)26-16-28(22-17-31-35(4)18-22)33-27-8-6-5-7-24(26)27/h5-10,15-18,21H,11-14,19H2,1-4H3,(H,32,37)/t21-/m1/s1. The van der Waals surface area contributed by atoms with Crippen LogP contribution in [0.1, 0.15) is 47.3 Å². The summed E-state index contributed by atoms with van der Waals surface area (Å²) in [5.41, 5.74) is 6.94. The van der Waals surface area contributed by atoms with Gasteiger partial charge in [-0.15, -0.1) is 0 Å². The van der Waals surface area contributed by atoms with Gasteiger partial charge in [-0.05, 0) is 69.1 Å². The minimum atomic E-state index is -0.197. The van der Waals surface area contributed by atoms with Crippen LogP contribution in [0.4, 0.5) is 5.69 Å². The number of nitrogens with zero attached hydrogens (tertiary/aromatic N) is 5. The van der Waals surface area contributed by atoms with Crippen molar-refractivity contribution >= 4 is 22.5 Å². The summed E-state index contributed by atoms with van der Waals surface area (Å²) >= 11 is 0. The molecule has 7 nitrogen and oxygen atoms in total. The summed E-state index contributed by atoms with van der Waals surface area (Å²) in [7, 11) is 4.14. The second kappa shape index (κ2) is 8.99. The Hall–Kier alpha value is -3.71. The predicted molar refractivity (Wildman–Crippen MR) is 148 cm³/mol. The van der Waals surface area contributed by atoms with Gasteiger partial charge in [0.2, 0.25) is 0 Å². The number of carbonyl (C=O) groups excluding carboxylic acids is 1. The normalized spacial score (nSPS) is 17.8. The largest absolute Gasteiger partial charge is 0.368 e. The van der Waals surface area contributed by atoms with Crippen molar-refractivity contribution in [2.75, 3.05) is 31.6 Å².